The van der Waals surface area contributed by atoms with Gasteiger partial charge in [-0.3, -0.25) is 9.78 Å². The Labute approximate surface area is 190 Å². The summed E-state index contributed by atoms with van der Waals surface area (Å²) in [7, 11) is 0. The summed E-state index contributed by atoms with van der Waals surface area (Å²) in [5, 5.41) is 13.3. The predicted molar refractivity (Wildman–Crippen MR) is 124 cm³/mol. The maximum absolute atomic E-state index is 11.6. The Hall–Kier alpha value is -3.98. The van der Waals surface area contributed by atoms with Crippen LogP contribution < -0.4 is 4.90 Å². The fraction of sp³-hybridized carbons (Fsp3) is 0.250. The molecule has 0 bridgehead atoms. The second-order valence-electron chi connectivity index (χ2n) is 7.77. The van der Waals surface area contributed by atoms with Crippen LogP contribution >= 0.6 is 0 Å². The molecule has 1 fully saturated rings. The van der Waals surface area contributed by atoms with Gasteiger partial charge in [0.05, 0.1) is 37.3 Å². The molecule has 0 N–H and O–H groups in total. The molecule has 166 valence electrons. The number of nitrogens with zero attached hydrogens (tertiary/aromatic N) is 7. The van der Waals surface area contributed by atoms with Crippen molar-refractivity contribution in [3.63, 3.8) is 0 Å². The smallest absolute Gasteiger partial charge is 0.196 e. The molecular formula is C24H23N7O2. The van der Waals surface area contributed by atoms with E-state index in [2.05, 4.69) is 25.2 Å². The van der Waals surface area contributed by atoms with E-state index in [4.69, 9.17) is 9.72 Å². The summed E-state index contributed by atoms with van der Waals surface area (Å²) in [6.45, 7) is 4.78. The molecule has 1 aromatic carbocycles. The van der Waals surface area contributed by atoms with Crippen LogP contribution in [0.1, 0.15) is 22.8 Å². The zero-order valence-corrected chi connectivity index (χ0v) is 18.3. The summed E-state index contributed by atoms with van der Waals surface area (Å²) < 4.78 is 7.28. The van der Waals surface area contributed by atoms with Gasteiger partial charge < -0.3 is 9.64 Å². The van der Waals surface area contributed by atoms with E-state index in [9.17, 15) is 4.79 Å². The monoisotopic (exact) mass is 441 g/mol. The maximum atomic E-state index is 11.6. The lowest BCUT2D eigenvalue weighted by atomic mass is 10.1. The van der Waals surface area contributed by atoms with Gasteiger partial charge in [-0.1, -0.05) is 18.2 Å². The fourth-order valence-corrected chi connectivity index (χ4v) is 3.77. The van der Waals surface area contributed by atoms with Crippen molar-refractivity contribution in [2.45, 2.75) is 13.5 Å². The number of rotatable bonds is 6. The second kappa shape index (κ2) is 9.25. The Morgan fingerprint density at radius 1 is 1.12 bits per heavy atom. The highest BCUT2D eigenvalue weighted by Gasteiger charge is 2.19. The van der Waals surface area contributed by atoms with Gasteiger partial charge in [0, 0.05) is 42.7 Å². The van der Waals surface area contributed by atoms with Gasteiger partial charge in [-0.05, 0) is 30.7 Å². The average Bonchev–Trinajstić information content (AvgIpc) is 3.29. The number of aromatic nitrogens is 4. The number of azo groups is 1. The molecule has 0 aliphatic carbocycles. The van der Waals surface area contributed by atoms with E-state index in [1.807, 2.05) is 42.6 Å². The number of anilines is 1. The van der Waals surface area contributed by atoms with E-state index >= 15 is 0 Å². The molecular weight excluding hydrogens is 418 g/mol. The van der Waals surface area contributed by atoms with Crippen LogP contribution in [-0.4, -0.2) is 51.7 Å². The summed E-state index contributed by atoms with van der Waals surface area (Å²) in [5.74, 6) is 0.520. The molecule has 3 aromatic heterocycles. The molecule has 0 unspecified atom stereocenters. The average molecular weight is 441 g/mol. The number of pyridine rings is 1. The van der Waals surface area contributed by atoms with E-state index < -0.39 is 0 Å². The number of carbonyl (C=O) groups excluding carboxylic acids is 1. The van der Waals surface area contributed by atoms with Gasteiger partial charge >= 0.3 is 0 Å². The van der Waals surface area contributed by atoms with Crippen LogP contribution in [-0.2, 0) is 11.3 Å². The third-order valence-corrected chi connectivity index (χ3v) is 5.48. The molecule has 9 nitrogen and oxygen atoms in total. The highest BCUT2D eigenvalue weighted by molar-refractivity contribution is 5.94. The van der Waals surface area contributed by atoms with E-state index in [1.54, 1.807) is 29.9 Å². The van der Waals surface area contributed by atoms with Gasteiger partial charge in [-0.2, -0.15) is 5.11 Å². The number of ether oxygens (including phenoxy) is 1. The number of Topliss-reactive ketones (excluding diaryl/α,β-unsaturated/α-hetero) is 1. The van der Waals surface area contributed by atoms with Gasteiger partial charge in [0.2, 0.25) is 0 Å². The molecule has 5 rings (SSSR count). The molecule has 0 saturated carbocycles. The third kappa shape index (κ3) is 4.63. The normalized spacial score (nSPS) is 14.3. The van der Waals surface area contributed by atoms with Crippen molar-refractivity contribution in [3.8, 4) is 11.3 Å². The lowest BCUT2D eigenvalue weighted by molar-refractivity contribution is 0.101. The Morgan fingerprint density at radius 2 is 1.94 bits per heavy atom. The molecule has 0 atom stereocenters. The molecule has 0 amide bonds. The van der Waals surface area contributed by atoms with Crippen LogP contribution in [0, 0.1) is 0 Å². The largest absolute Gasteiger partial charge is 0.378 e. The molecule has 1 aliphatic heterocycles. The first-order valence-corrected chi connectivity index (χ1v) is 10.8. The van der Waals surface area contributed by atoms with E-state index in [0.29, 0.717) is 31.1 Å². The first kappa shape index (κ1) is 20.9. The number of benzene rings is 1. The summed E-state index contributed by atoms with van der Waals surface area (Å²) in [4.78, 5) is 22.8. The van der Waals surface area contributed by atoms with E-state index in [0.717, 1.165) is 41.2 Å². The van der Waals surface area contributed by atoms with Gasteiger partial charge in [0.1, 0.15) is 0 Å². The molecule has 4 heterocycles. The molecule has 9 heteroatoms. The van der Waals surface area contributed by atoms with Crippen LogP contribution in [0.15, 0.2) is 71.3 Å². The Morgan fingerprint density at radius 3 is 2.73 bits per heavy atom. The number of hydrogen-bond acceptors (Lipinski definition) is 8. The van der Waals surface area contributed by atoms with Crippen LogP contribution in [0.2, 0.25) is 0 Å². The first-order chi connectivity index (χ1) is 16.2. The van der Waals surface area contributed by atoms with Crippen molar-refractivity contribution < 1.29 is 9.53 Å². The zero-order chi connectivity index (χ0) is 22.6. The molecule has 33 heavy (non-hydrogen) atoms. The lowest BCUT2D eigenvalue weighted by Crippen LogP contribution is -2.36. The Bertz CT molecular complexity index is 1310. The standard InChI is InChI=1S/C24H23N7O2/c1-17(32)20-4-2-3-18(13-20)15-26-28-23-14-22(30-9-11-33-12-10-30)24-27-21(16-31(24)29-23)19-5-7-25-8-6-19/h2-8,13-14,16H,9-12,15H2,1H3. The summed E-state index contributed by atoms with van der Waals surface area (Å²) in [5.41, 5.74) is 5.08. The quantitative estimate of drug-likeness (QED) is 0.330. The fourth-order valence-electron chi connectivity index (χ4n) is 3.77. The van der Waals surface area contributed by atoms with E-state index in [-0.39, 0.29) is 5.78 Å². The highest BCUT2D eigenvalue weighted by Crippen LogP contribution is 2.28. The van der Waals surface area contributed by atoms with Crippen LogP contribution in [0.3, 0.4) is 0 Å². The highest BCUT2D eigenvalue weighted by atomic mass is 16.5. The first-order valence-electron chi connectivity index (χ1n) is 10.8. The van der Waals surface area contributed by atoms with Crippen LogP contribution in [0.25, 0.3) is 16.9 Å². The maximum Gasteiger partial charge on any atom is 0.196 e. The molecule has 4 aromatic rings. The topological polar surface area (TPSA) is 97.3 Å². The molecule has 0 spiro atoms. The Balaban J connectivity index is 1.48. The van der Waals surface area contributed by atoms with Gasteiger partial charge in [0.15, 0.2) is 17.2 Å². The number of carbonyl (C=O) groups is 1. The van der Waals surface area contributed by atoms with Crippen molar-refractivity contribution in [2.24, 2.45) is 10.2 Å². The van der Waals surface area contributed by atoms with Crippen molar-refractivity contribution in [2.75, 3.05) is 31.2 Å². The third-order valence-electron chi connectivity index (χ3n) is 5.48. The molecule has 1 aliphatic rings. The molecule has 0 radical (unpaired) electrons. The summed E-state index contributed by atoms with van der Waals surface area (Å²) in [6, 6.07) is 13.2. The van der Waals surface area contributed by atoms with Crippen molar-refractivity contribution in [1.29, 1.82) is 0 Å². The number of fused-ring (bicyclic) bond motifs is 1. The number of ketones is 1. The number of hydrogen-bond donors (Lipinski definition) is 0. The summed E-state index contributed by atoms with van der Waals surface area (Å²) >= 11 is 0. The number of morpholine rings is 1. The number of imidazole rings is 1. The SMILES string of the molecule is CC(=O)c1cccc(CN=Nc2cc(N3CCOCC3)c3nc(-c4ccncc4)cn3n2)c1. The van der Waals surface area contributed by atoms with Crippen LogP contribution in [0.5, 0.6) is 0 Å². The van der Waals surface area contributed by atoms with Crippen molar-refractivity contribution in [3.05, 3.63) is 72.2 Å². The second-order valence-corrected chi connectivity index (χ2v) is 7.77. The van der Waals surface area contributed by atoms with Gasteiger partial charge in [-0.25, -0.2) is 9.50 Å². The van der Waals surface area contributed by atoms with Crippen LogP contribution in [0.4, 0.5) is 11.5 Å². The molecule has 1 saturated heterocycles. The van der Waals surface area contributed by atoms with Gasteiger partial charge in [0.25, 0.3) is 0 Å². The van der Waals surface area contributed by atoms with Crippen molar-refractivity contribution >= 4 is 22.9 Å². The van der Waals surface area contributed by atoms with Crippen molar-refractivity contribution in [1.82, 2.24) is 19.6 Å². The van der Waals surface area contributed by atoms with E-state index in [1.165, 1.54) is 0 Å². The summed E-state index contributed by atoms with van der Waals surface area (Å²) in [6.07, 6.45) is 5.39. The predicted octanol–water partition coefficient (Wildman–Crippen LogP) is 4.11. The minimum absolute atomic E-state index is 0.0289. The van der Waals surface area contributed by atoms with Gasteiger partial charge in [-0.15, -0.1) is 10.2 Å². The minimum atomic E-state index is 0.0289. The lowest BCUT2D eigenvalue weighted by Gasteiger charge is -2.28. The minimum Gasteiger partial charge on any atom is -0.378 e. The zero-order valence-electron chi connectivity index (χ0n) is 18.3. The Kier molecular flexibility index (Phi) is 5.86.